The summed E-state index contributed by atoms with van der Waals surface area (Å²) in [6.45, 7) is 10.1. The fourth-order valence-electron chi connectivity index (χ4n) is 4.99. The van der Waals surface area contributed by atoms with Gasteiger partial charge in [0, 0.05) is 12.1 Å². The molecule has 0 heterocycles. The summed E-state index contributed by atoms with van der Waals surface area (Å²) in [5.74, 6) is -7.59. The number of carbonyl (C=O) groups excluding carboxylic acids is 2. The lowest BCUT2D eigenvalue weighted by molar-refractivity contribution is -0.136. The molecule has 1 aliphatic rings. The maximum absolute atomic E-state index is 14.0. The summed E-state index contributed by atoms with van der Waals surface area (Å²) in [4.78, 5) is 23.9. The molecule has 2 unspecified atom stereocenters. The number of amides is 1. The number of rotatable bonds is 25. The first-order chi connectivity index (χ1) is 21.8. The van der Waals surface area contributed by atoms with E-state index in [4.69, 9.17) is 28.4 Å². The zero-order valence-electron chi connectivity index (χ0n) is 26.3. The van der Waals surface area contributed by atoms with Crippen LogP contribution >= 0.6 is 0 Å². The summed E-state index contributed by atoms with van der Waals surface area (Å²) in [6, 6.07) is 0. The van der Waals surface area contributed by atoms with Gasteiger partial charge < -0.3 is 33.7 Å². The van der Waals surface area contributed by atoms with E-state index in [2.05, 4.69) is 18.8 Å². The number of carbonyl (C=O) groups is 2. The van der Waals surface area contributed by atoms with Gasteiger partial charge >= 0.3 is 12.1 Å². The van der Waals surface area contributed by atoms with Crippen molar-refractivity contribution >= 4 is 12.1 Å². The highest BCUT2D eigenvalue weighted by molar-refractivity contribution is 5.73. The Morgan fingerprint density at radius 3 is 1.96 bits per heavy atom. The third kappa shape index (κ3) is 13.6. The maximum atomic E-state index is 14.0. The lowest BCUT2D eigenvalue weighted by Gasteiger charge is -2.12. The van der Waals surface area contributed by atoms with Crippen LogP contribution in [0.5, 0.6) is 5.75 Å². The smallest absolute Gasteiger partial charge is 0.407 e. The van der Waals surface area contributed by atoms with E-state index in [0.717, 1.165) is 12.8 Å². The van der Waals surface area contributed by atoms with E-state index in [-0.39, 0.29) is 32.7 Å². The quantitative estimate of drug-likeness (QED) is 0.0265. The summed E-state index contributed by atoms with van der Waals surface area (Å²) >= 11 is 0. The standard InChI is InChI=1S/C32H47F4NO8/c1-4-7-9-23-24(10-8-5-2)25(23)21-44-32(39)37-12-14-41-16-18-43-20-19-42-17-15-40-13-11-26(38)45-31-22(6-3)27(33)28(34)29(35)30(31)36/h4,23-25H,1,5-21H2,2-3H3,(H,37,39)/t23?,24?,25-/m0/s1. The predicted molar refractivity (Wildman–Crippen MR) is 158 cm³/mol. The van der Waals surface area contributed by atoms with Gasteiger partial charge in [-0.05, 0) is 43.4 Å². The molecule has 0 spiro atoms. The molecule has 2 rings (SSSR count). The van der Waals surface area contributed by atoms with E-state index in [1.807, 2.05) is 6.08 Å². The minimum absolute atomic E-state index is 0.103. The molecule has 1 aromatic rings. The van der Waals surface area contributed by atoms with E-state index in [0.29, 0.717) is 63.9 Å². The zero-order valence-corrected chi connectivity index (χ0v) is 26.3. The summed E-state index contributed by atoms with van der Waals surface area (Å²) < 4.78 is 86.2. The number of nitrogens with one attached hydrogen (secondary N) is 1. The molecule has 3 atom stereocenters. The Morgan fingerprint density at radius 1 is 0.778 bits per heavy atom. The SMILES string of the molecule is C=CCCC1C(CCCC)[C@H]1COC(=O)NCCOCCOCCOCCOCCC(=O)Oc1c(F)c(F)c(F)c(F)c1CC. The maximum Gasteiger partial charge on any atom is 0.407 e. The van der Waals surface area contributed by atoms with Gasteiger partial charge in [-0.25, -0.2) is 18.0 Å². The number of ether oxygens (including phenoxy) is 6. The topological polar surface area (TPSA) is 102 Å². The van der Waals surface area contributed by atoms with Crippen molar-refractivity contribution in [2.45, 2.75) is 58.8 Å². The van der Waals surface area contributed by atoms with Crippen molar-refractivity contribution in [2.75, 3.05) is 66.0 Å². The Labute approximate surface area is 262 Å². The van der Waals surface area contributed by atoms with Crippen molar-refractivity contribution in [3.8, 4) is 5.75 Å². The molecule has 9 nitrogen and oxygen atoms in total. The molecule has 0 aromatic heterocycles. The minimum Gasteiger partial charge on any atom is -0.449 e. The summed E-state index contributed by atoms with van der Waals surface area (Å²) in [7, 11) is 0. The van der Waals surface area contributed by atoms with Crippen LogP contribution in [-0.2, 0) is 34.9 Å². The van der Waals surface area contributed by atoms with E-state index in [1.165, 1.54) is 26.2 Å². The van der Waals surface area contributed by atoms with Crippen LogP contribution < -0.4 is 10.1 Å². The van der Waals surface area contributed by atoms with Gasteiger partial charge in [-0.15, -0.1) is 6.58 Å². The van der Waals surface area contributed by atoms with Gasteiger partial charge in [-0.2, -0.15) is 4.39 Å². The van der Waals surface area contributed by atoms with Crippen molar-refractivity contribution < 1.29 is 55.6 Å². The number of halogens is 4. The van der Waals surface area contributed by atoms with Gasteiger partial charge in [-0.3, -0.25) is 4.79 Å². The number of esters is 1. The molecule has 1 N–H and O–H groups in total. The molecule has 13 heteroatoms. The highest BCUT2D eigenvalue weighted by atomic mass is 19.2. The van der Waals surface area contributed by atoms with Crippen LogP contribution in [0.2, 0.25) is 0 Å². The number of unbranched alkanes of at least 4 members (excludes halogenated alkanes) is 1. The first kappa shape index (κ1) is 38.4. The fourth-order valence-corrected chi connectivity index (χ4v) is 4.99. The van der Waals surface area contributed by atoms with Crippen LogP contribution in [0.4, 0.5) is 22.4 Å². The number of benzene rings is 1. The van der Waals surface area contributed by atoms with Gasteiger partial charge in [0.15, 0.2) is 17.4 Å². The van der Waals surface area contributed by atoms with E-state index in [9.17, 15) is 27.2 Å². The summed E-state index contributed by atoms with van der Waals surface area (Å²) in [5, 5.41) is 2.70. The Bertz CT molecular complexity index is 1060. The molecule has 0 radical (unpaired) electrons. The van der Waals surface area contributed by atoms with Gasteiger partial charge in [0.2, 0.25) is 11.6 Å². The van der Waals surface area contributed by atoms with Crippen molar-refractivity contribution in [2.24, 2.45) is 17.8 Å². The second-order valence-corrected chi connectivity index (χ2v) is 10.6. The first-order valence-electron chi connectivity index (χ1n) is 15.6. The van der Waals surface area contributed by atoms with Gasteiger partial charge in [0.1, 0.15) is 0 Å². The minimum atomic E-state index is -2.04. The second-order valence-electron chi connectivity index (χ2n) is 10.6. The van der Waals surface area contributed by atoms with Crippen LogP contribution in [-0.4, -0.2) is 78.1 Å². The predicted octanol–water partition coefficient (Wildman–Crippen LogP) is 5.91. The van der Waals surface area contributed by atoms with Gasteiger partial charge in [0.25, 0.3) is 0 Å². The van der Waals surface area contributed by atoms with Crippen molar-refractivity contribution in [3.63, 3.8) is 0 Å². The third-order valence-electron chi connectivity index (χ3n) is 7.48. The van der Waals surface area contributed by atoms with Crippen LogP contribution in [0.15, 0.2) is 12.7 Å². The Kier molecular flexibility index (Phi) is 18.7. The third-order valence-corrected chi connectivity index (χ3v) is 7.48. The largest absolute Gasteiger partial charge is 0.449 e. The van der Waals surface area contributed by atoms with E-state index in [1.54, 1.807) is 0 Å². The van der Waals surface area contributed by atoms with Crippen LogP contribution in [0.1, 0.15) is 57.9 Å². The molecule has 45 heavy (non-hydrogen) atoms. The molecule has 1 saturated carbocycles. The van der Waals surface area contributed by atoms with E-state index < -0.39 is 46.6 Å². The van der Waals surface area contributed by atoms with Gasteiger partial charge in [0.05, 0.1) is 65.9 Å². The molecule has 1 aromatic carbocycles. The molecular weight excluding hydrogens is 602 g/mol. The van der Waals surface area contributed by atoms with E-state index >= 15 is 0 Å². The lowest BCUT2D eigenvalue weighted by atomic mass is 10.1. The summed E-state index contributed by atoms with van der Waals surface area (Å²) in [6.07, 6.45) is 6.64. The molecule has 0 saturated heterocycles. The van der Waals surface area contributed by atoms with Crippen LogP contribution in [0, 0.1) is 41.0 Å². The second kappa shape index (κ2) is 21.9. The molecule has 1 amide bonds. The highest BCUT2D eigenvalue weighted by Crippen LogP contribution is 2.52. The number of hydrogen-bond donors (Lipinski definition) is 1. The molecule has 0 bridgehead atoms. The highest BCUT2D eigenvalue weighted by Gasteiger charge is 2.48. The fraction of sp³-hybridized carbons (Fsp3) is 0.688. The molecule has 256 valence electrons. The van der Waals surface area contributed by atoms with Crippen LogP contribution in [0.25, 0.3) is 0 Å². The number of alkyl carbamates (subject to hydrolysis) is 1. The molecule has 1 fully saturated rings. The zero-order chi connectivity index (χ0) is 33.0. The summed E-state index contributed by atoms with van der Waals surface area (Å²) in [5.41, 5.74) is -0.565. The average Bonchev–Trinajstić information content (AvgIpc) is 3.71. The Morgan fingerprint density at radius 2 is 1.36 bits per heavy atom. The monoisotopic (exact) mass is 649 g/mol. The Balaban J connectivity index is 1.40. The Hall–Kier alpha value is -2.74. The number of hydrogen-bond acceptors (Lipinski definition) is 8. The van der Waals surface area contributed by atoms with Gasteiger partial charge in [-0.1, -0.05) is 32.8 Å². The molecular formula is C32H47F4NO8. The van der Waals surface area contributed by atoms with Crippen molar-refractivity contribution in [3.05, 3.63) is 41.5 Å². The molecule has 1 aliphatic carbocycles. The average molecular weight is 650 g/mol. The number of allylic oxidation sites excluding steroid dienone is 1. The first-order valence-corrected chi connectivity index (χ1v) is 15.6. The lowest BCUT2D eigenvalue weighted by Crippen LogP contribution is -2.29. The normalized spacial score (nSPS) is 17.2. The molecule has 0 aliphatic heterocycles. The van der Waals surface area contributed by atoms with Crippen molar-refractivity contribution in [1.29, 1.82) is 0 Å². The van der Waals surface area contributed by atoms with Crippen molar-refractivity contribution in [1.82, 2.24) is 5.32 Å². The van der Waals surface area contributed by atoms with Crippen LogP contribution in [0.3, 0.4) is 0 Å².